The van der Waals surface area contributed by atoms with E-state index in [1.807, 2.05) is 0 Å². The van der Waals surface area contributed by atoms with Gasteiger partial charge in [0.15, 0.2) is 18.3 Å². The van der Waals surface area contributed by atoms with E-state index >= 15 is 0 Å². The van der Waals surface area contributed by atoms with Gasteiger partial charge >= 0.3 is 17.9 Å². The van der Waals surface area contributed by atoms with Crippen LogP contribution in [-0.4, -0.2) is 181 Å². The first kappa shape index (κ1) is 67.0. The fourth-order valence-electron chi connectivity index (χ4n) is 7.13. The van der Waals surface area contributed by atoms with E-state index in [-0.39, 0.29) is 46.0 Å². The summed E-state index contributed by atoms with van der Waals surface area (Å²) in [6.45, 7) is 12.4. The highest BCUT2D eigenvalue weighted by molar-refractivity contribution is 5.75. The molecule has 3 atom stereocenters. The van der Waals surface area contributed by atoms with E-state index in [2.05, 4.69) is 20.8 Å². The van der Waals surface area contributed by atoms with Crippen molar-refractivity contribution in [3.63, 3.8) is 0 Å². The Kier molecular flexibility index (Phi) is 50.8. The van der Waals surface area contributed by atoms with E-state index in [1.54, 1.807) is 16.8 Å². The average molecular weight is 995 g/mol. The first-order valence-corrected chi connectivity index (χ1v) is 27.1. The van der Waals surface area contributed by atoms with Gasteiger partial charge in [0.2, 0.25) is 0 Å². The maximum absolute atomic E-state index is 12.8. The highest BCUT2D eigenvalue weighted by atomic mass is 16.7. The van der Waals surface area contributed by atoms with E-state index in [4.69, 9.17) is 42.6 Å². The van der Waals surface area contributed by atoms with Crippen molar-refractivity contribution in [3.05, 3.63) is 0 Å². The number of hydrogen-bond acceptors (Lipinski definition) is 17. The molecule has 17 nitrogen and oxygen atoms in total. The summed E-state index contributed by atoms with van der Waals surface area (Å²) in [5, 5.41) is 32.1. The molecule has 0 rings (SSSR count). The maximum atomic E-state index is 12.8. The van der Waals surface area contributed by atoms with Crippen LogP contribution in [0.15, 0.2) is 0 Å². The third kappa shape index (κ3) is 46.8. The van der Waals surface area contributed by atoms with Gasteiger partial charge in [-0.3, -0.25) is 4.90 Å². The SMILES string of the molecule is CCCCCCOCOCCCCCCOC(=O)C(O)CN(C)CCCN(CC(O)C(=O)OCCCCCCOCOCCCCCC)CC(O)C(=O)OCCCCCCOCOCCCCCC. The molecule has 0 spiro atoms. The lowest BCUT2D eigenvalue weighted by molar-refractivity contribution is -0.157. The summed E-state index contributed by atoms with van der Waals surface area (Å²) in [5.41, 5.74) is 0. The molecule has 0 radical (unpaired) electrons. The van der Waals surface area contributed by atoms with Crippen LogP contribution in [0.3, 0.4) is 0 Å². The van der Waals surface area contributed by atoms with Gasteiger partial charge in [0.25, 0.3) is 0 Å². The van der Waals surface area contributed by atoms with Crippen molar-refractivity contribution in [2.24, 2.45) is 0 Å². The molecule has 0 fully saturated rings. The van der Waals surface area contributed by atoms with Crippen molar-refractivity contribution in [3.8, 4) is 0 Å². The largest absolute Gasteiger partial charge is 0.464 e. The number of rotatable bonds is 55. The Bertz CT molecular complexity index is 1070. The minimum atomic E-state index is -1.50. The number of carbonyl (C=O) groups excluding carboxylic acids is 3. The number of carbonyl (C=O) groups is 3. The van der Waals surface area contributed by atoms with Gasteiger partial charge in [0.05, 0.1) is 19.8 Å². The predicted octanol–water partition coefficient (Wildman–Crippen LogP) is 7.72. The highest BCUT2D eigenvalue weighted by Crippen LogP contribution is 2.09. The van der Waals surface area contributed by atoms with Crippen molar-refractivity contribution in [1.82, 2.24) is 9.80 Å². The summed E-state index contributed by atoms with van der Waals surface area (Å²) in [6.07, 6.45) is 20.0. The molecule has 0 saturated carbocycles. The number of aliphatic hydroxyl groups excluding tert-OH is 3. The molecule has 0 aliphatic rings. The molecular formula is C52H102N2O15. The maximum Gasteiger partial charge on any atom is 0.336 e. The van der Waals surface area contributed by atoms with Crippen LogP contribution in [0.2, 0.25) is 0 Å². The first-order valence-electron chi connectivity index (χ1n) is 27.1. The van der Waals surface area contributed by atoms with E-state index in [9.17, 15) is 29.7 Å². The molecule has 0 aromatic rings. The van der Waals surface area contributed by atoms with Gasteiger partial charge < -0.3 is 62.9 Å². The molecule has 3 N–H and O–H groups in total. The van der Waals surface area contributed by atoms with Crippen LogP contribution < -0.4 is 0 Å². The highest BCUT2D eigenvalue weighted by Gasteiger charge is 2.26. The molecule has 0 aliphatic heterocycles. The zero-order chi connectivity index (χ0) is 50.7. The normalized spacial score (nSPS) is 13.0. The van der Waals surface area contributed by atoms with Gasteiger partial charge in [-0.15, -0.1) is 0 Å². The van der Waals surface area contributed by atoms with Crippen LogP contribution in [0, 0.1) is 0 Å². The predicted molar refractivity (Wildman–Crippen MR) is 268 cm³/mol. The molecule has 0 amide bonds. The number of hydrogen-bond donors (Lipinski definition) is 3. The van der Waals surface area contributed by atoms with Crippen molar-refractivity contribution in [2.45, 2.75) is 200 Å². The Morgan fingerprint density at radius 3 is 0.899 bits per heavy atom. The van der Waals surface area contributed by atoms with Gasteiger partial charge in [-0.1, -0.05) is 97.8 Å². The number of unbranched alkanes of at least 4 members (excludes halogenated alkanes) is 18. The van der Waals surface area contributed by atoms with Crippen molar-refractivity contribution in [2.75, 3.05) is 120 Å². The van der Waals surface area contributed by atoms with Gasteiger partial charge in [-0.05, 0) is 104 Å². The molecule has 0 aromatic heterocycles. The summed E-state index contributed by atoms with van der Waals surface area (Å²) in [4.78, 5) is 41.4. The minimum Gasteiger partial charge on any atom is -0.464 e. The number of nitrogens with zero attached hydrogens (tertiary/aromatic N) is 2. The summed E-state index contributed by atoms with van der Waals surface area (Å²) in [5.74, 6) is -2.24. The molecule has 3 unspecified atom stereocenters. The molecule has 17 heteroatoms. The molecule has 69 heavy (non-hydrogen) atoms. The minimum absolute atomic E-state index is 0.0437. The quantitative estimate of drug-likeness (QED) is 0.0231. The Labute approximate surface area is 418 Å². The first-order chi connectivity index (χ1) is 33.7. The van der Waals surface area contributed by atoms with E-state index in [0.717, 1.165) is 83.7 Å². The third-order valence-electron chi connectivity index (χ3n) is 11.4. The second kappa shape index (κ2) is 52.3. The molecule has 410 valence electrons. The van der Waals surface area contributed by atoms with Gasteiger partial charge in [0.1, 0.15) is 20.4 Å². The second-order valence-corrected chi connectivity index (χ2v) is 18.2. The van der Waals surface area contributed by atoms with Crippen LogP contribution in [-0.2, 0) is 57.0 Å². The van der Waals surface area contributed by atoms with Crippen LogP contribution in [0.1, 0.15) is 181 Å². The zero-order valence-corrected chi connectivity index (χ0v) is 44.1. The van der Waals surface area contributed by atoms with Crippen LogP contribution in [0.5, 0.6) is 0 Å². The number of esters is 3. The van der Waals surface area contributed by atoms with Crippen molar-refractivity contribution in [1.29, 1.82) is 0 Å². The van der Waals surface area contributed by atoms with E-state index in [1.165, 1.54) is 57.8 Å². The molecule has 0 aromatic carbocycles. The summed E-state index contributed by atoms with van der Waals surface area (Å²) >= 11 is 0. The Morgan fingerprint density at radius 1 is 0.348 bits per heavy atom. The Hall–Kier alpha value is -2.03. The lowest BCUT2D eigenvalue weighted by Gasteiger charge is -2.27. The summed E-state index contributed by atoms with van der Waals surface area (Å²) in [7, 11) is 1.76. The Balaban J connectivity index is 4.67. The number of aliphatic hydroxyl groups is 3. The fraction of sp³-hybridized carbons (Fsp3) is 0.942. The van der Waals surface area contributed by atoms with Crippen LogP contribution in [0.25, 0.3) is 0 Å². The number of likely N-dealkylation sites (N-methyl/N-ethyl adjacent to an activating group) is 1. The summed E-state index contributed by atoms with van der Waals surface area (Å²) in [6, 6.07) is 0. The molecule has 0 saturated heterocycles. The summed E-state index contributed by atoms with van der Waals surface area (Å²) < 4.78 is 49.1. The molecule has 0 heterocycles. The molecule has 0 aliphatic carbocycles. The van der Waals surface area contributed by atoms with Crippen molar-refractivity contribution >= 4 is 17.9 Å². The monoisotopic (exact) mass is 995 g/mol. The molecular weight excluding hydrogens is 893 g/mol. The van der Waals surface area contributed by atoms with Crippen LogP contribution >= 0.6 is 0 Å². The van der Waals surface area contributed by atoms with Gasteiger partial charge in [0, 0.05) is 59.3 Å². The second-order valence-electron chi connectivity index (χ2n) is 18.2. The zero-order valence-electron chi connectivity index (χ0n) is 44.1. The third-order valence-corrected chi connectivity index (χ3v) is 11.4. The average Bonchev–Trinajstić information content (AvgIpc) is 3.33. The lowest BCUT2D eigenvalue weighted by Crippen LogP contribution is -2.45. The van der Waals surface area contributed by atoms with Gasteiger partial charge in [-0.25, -0.2) is 14.4 Å². The lowest BCUT2D eigenvalue weighted by atomic mass is 10.2. The standard InChI is InChI=1S/C52H102N2O15/c1-5-8-11-20-32-61-44-64-35-23-14-17-26-38-67-50(58)47(55)41-53(4)30-29-31-54(42-48(56)51(59)68-39-27-18-15-24-36-65-45-62-33-21-12-9-6-2)43-49(57)52(60)69-40-28-19-16-25-37-66-46-63-34-22-13-10-7-3/h47-49,55-57H,5-46H2,1-4H3. The van der Waals surface area contributed by atoms with Crippen molar-refractivity contribution < 1.29 is 72.3 Å². The van der Waals surface area contributed by atoms with E-state index < -0.39 is 36.2 Å². The topological polar surface area (TPSA) is 201 Å². The fourth-order valence-corrected chi connectivity index (χ4v) is 7.13. The number of ether oxygens (including phenoxy) is 9. The molecule has 0 bridgehead atoms. The Morgan fingerprint density at radius 2 is 0.609 bits per heavy atom. The van der Waals surface area contributed by atoms with Gasteiger partial charge in [-0.2, -0.15) is 0 Å². The van der Waals surface area contributed by atoms with E-state index in [0.29, 0.717) is 85.6 Å². The van der Waals surface area contributed by atoms with Crippen LogP contribution in [0.4, 0.5) is 0 Å². The smallest absolute Gasteiger partial charge is 0.336 e.